The van der Waals surface area contributed by atoms with Gasteiger partial charge in [0.15, 0.2) is 0 Å². The Kier molecular flexibility index (Phi) is 13.4. The topological polar surface area (TPSA) is 181 Å². The molecule has 7 N–H and O–H groups in total. The summed E-state index contributed by atoms with van der Waals surface area (Å²) >= 11 is 0. The van der Waals surface area contributed by atoms with Gasteiger partial charge in [-0.1, -0.05) is 12.1 Å². The first-order valence-electron chi connectivity index (χ1n) is 12.9. The highest BCUT2D eigenvalue weighted by molar-refractivity contribution is 5.78. The molecule has 0 aliphatic heterocycles. The van der Waals surface area contributed by atoms with Gasteiger partial charge in [-0.2, -0.15) is 15.0 Å². The number of ether oxygens (including phenoxy) is 2. The predicted molar refractivity (Wildman–Crippen MR) is 149 cm³/mol. The van der Waals surface area contributed by atoms with Crippen molar-refractivity contribution in [3.05, 3.63) is 59.9 Å². The van der Waals surface area contributed by atoms with Gasteiger partial charge in [0.25, 0.3) is 0 Å². The third-order valence-electron chi connectivity index (χ3n) is 5.23. The Balaban J connectivity index is 1.50. The average Bonchev–Trinajstić information content (AvgIpc) is 2.95. The van der Waals surface area contributed by atoms with Gasteiger partial charge >= 0.3 is 0 Å². The van der Waals surface area contributed by atoms with Gasteiger partial charge in [-0.3, -0.25) is 9.78 Å². The summed E-state index contributed by atoms with van der Waals surface area (Å²) in [7, 11) is 0. The highest BCUT2D eigenvalue weighted by atomic mass is 16.5. The summed E-state index contributed by atoms with van der Waals surface area (Å²) in [5, 5.41) is 21.4. The smallest absolute Gasteiger partial charge is 0.233 e. The summed E-state index contributed by atoms with van der Waals surface area (Å²) in [4.78, 5) is 29.6. The van der Waals surface area contributed by atoms with E-state index in [1.807, 2.05) is 36.4 Å². The molecule has 2 heterocycles. The SMILES string of the molecule is NCCOCCOCCNC(=O)Cc1ccc(Nc2nc(NCCCO)nc(NCc3ccncc3)n2)cc1. The minimum Gasteiger partial charge on any atom is -0.396 e. The molecule has 0 fully saturated rings. The predicted octanol–water partition coefficient (Wildman–Crippen LogP) is 1.07. The van der Waals surface area contributed by atoms with Crippen LogP contribution in [0.2, 0.25) is 0 Å². The molecule has 0 atom stereocenters. The van der Waals surface area contributed by atoms with Gasteiger partial charge in [0.1, 0.15) is 0 Å². The number of aromatic nitrogens is 4. The van der Waals surface area contributed by atoms with Crippen LogP contribution in [0.15, 0.2) is 48.8 Å². The lowest BCUT2D eigenvalue weighted by Crippen LogP contribution is -2.29. The van der Waals surface area contributed by atoms with Gasteiger partial charge in [-0.25, -0.2) is 0 Å². The zero-order chi connectivity index (χ0) is 27.5. The molecule has 3 rings (SSSR count). The maximum absolute atomic E-state index is 12.2. The van der Waals surface area contributed by atoms with E-state index in [2.05, 4.69) is 41.2 Å². The second kappa shape index (κ2) is 17.6. The Morgan fingerprint density at radius 3 is 2.23 bits per heavy atom. The fourth-order valence-corrected chi connectivity index (χ4v) is 3.30. The molecule has 39 heavy (non-hydrogen) atoms. The van der Waals surface area contributed by atoms with Crippen molar-refractivity contribution in [2.45, 2.75) is 19.4 Å². The Hall–Kier alpha value is -3.91. The van der Waals surface area contributed by atoms with Gasteiger partial charge in [0, 0.05) is 50.9 Å². The summed E-state index contributed by atoms with van der Waals surface area (Å²) < 4.78 is 10.6. The van der Waals surface area contributed by atoms with Crippen molar-refractivity contribution in [2.75, 3.05) is 68.6 Å². The van der Waals surface area contributed by atoms with Gasteiger partial charge in [0.2, 0.25) is 23.8 Å². The number of benzene rings is 1. The molecule has 0 spiro atoms. The monoisotopic (exact) mass is 539 g/mol. The number of carbonyl (C=O) groups is 1. The van der Waals surface area contributed by atoms with E-state index in [-0.39, 0.29) is 18.9 Å². The normalized spacial score (nSPS) is 10.7. The quantitative estimate of drug-likeness (QED) is 0.119. The molecule has 210 valence electrons. The van der Waals surface area contributed by atoms with Crippen LogP contribution in [0.3, 0.4) is 0 Å². The summed E-state index contributed by atoms with van der Waals surface area (Å²) in [6.07, 6.45) is 4.28. The van der Waals surface area contributed by atoms with E-state index in [0.29, 0.717) is 76.9 Å². The van der Waals surface area contributed by atoms with Crippen LogP contribution < -0.4 is 27.0 Å². The first-order valence-corrected chi connectivity index (χ1v) is 12.9. The molecule has 13 heteroatoms. The van der Waals surface area contributed by atoms with Crippen LogP contribution in [0.4, 0.5) is 23.5 Å². The van der Waals surface area contributed by atoms with E-state index in [4.69, 9.17) is 20.3 Å². The fraction of sp³-hybridized carbons (Fsp3) is 0.423. The summed E-state index contributed by atoms with van der Waals surface area (Å²) in [5.41, 5.74) is 8.02. The van der Waals surface area contributed by atoms with Crippen LogP contribution in [0.1, 0.15) is 17.5 Å². The van der Waals surface area contributed by atoms with Crippen molar-refractivity contribution < 1.29 is 19.4 Å². The number of hydrogen-bond donors (Lipinski definition) is 6. The van der Waals surface area contributed by atoms with Crippen molar-refractivity contribution in [3.8, 4) is 0 Å². The summed E-state index contributed by atoms with van der Waals surface area (Å²) in [6, 6.07) is 11.3. The van der Waals surface area contributed by atoms with E-state index in [1.165, 1.54) is 0 Å². The molecule has 1 aromatic carbocycles. The minimum absolute atomic E-state index is 0.0690. The number of amides is 1. The molecular formula is C26H37N9O4. The van der Waals surface area contributed by atoms with Crippen LogP contribution >= 0.6 is 0 Å². The molecule has 1 amide bonds. The van der Waals surface area contributed by atoms with Crippen LogP contribution in [0.5, 0.6) is 0 Å². The zero-order valence-electron chi connectivity index (χ0n) is 21.9. The van der Waals surface area contributed by atoms with Gasteiger partial charge in [0.05, 0.1) is 32.8 Å². The van der Waals surface area contributed by atoms with Crippen molar-refractivity contribution in [3.63, 3.8) is 0 Å². The van der Waals surface area contributed by atoms with Crippen LogP contribution in [-0.4, -0.2) is 83.6 Å². The second-order valence-electron chi connectivity index (χ2n) is 8.38. The molecule has 13 nitrogen and oxygen atoms in total. The van der Waals surface area contributed by atoms with Crippen LogP contribution in [-0.2, 0) is 27.2 Å². The molecular weight excluding hydrogens is 502 g/mol. The molecule has 3 aromatic rings. The van der Waals surface area contributed by atoms with Gasteiger partial charge in [-0.05, 0) is 41.8 Å². The van der Waals surface area contributed by atoms with E-state index in [1.54, 1.807) is 12.4 Å². The molecule has 0 aliphatic carbocycles. The van der Waals surface area contributed by atoms with E-state index in [0.717, 1.165) is 16.8 Å². The number of aliphatic hydroxyl groups excluding tert-OH is 1. The molecule has 0 unspecified atom stereocenters. The Morgan fingerprint density at radius 2 is 1.51 bits per heavy atom. The molecule has 0 bridgehead atoms. The average molecular weight is 540 g/mol. The van der Waals surface area contributed by atoms with Crippen molar-refractivity contribution in [2.24, 2.45) is 5.73 Å². The van der Waals surface area contributed by atoms with Crippen molar-refractivity contribution in [1.29, 1.82) is 0 Å². The number of nitrogens with zero attached hydrogens (tertiary/aromatic N) is 4. The van der Waals surface area contributed by atoms with Crippen LogP contribution in [0.25, 0.3) is 0 Å². The number of carbonyl (C=O) groups excluding carboxylic acids is 1. The third kappa shape index (κ3) is 12.0. The zero-order valence-corrected chi connectivity index (χ0v) is 21.9. The lowest BCUT2D eigenvalue weighted by atomic mass is 10.1. The van der Waals surface area contributed by atoms with Gasteiger partial charge in [-0.15, -0.1) is 0 Å². The van der Waals surface area contributed by atoms with Gasteiger partial charge < -0.3 is 41.6 Å². The molecule has 0 saturated carbocycles. The number of hydrogen-bond acceptors (Lipinski definition) is 12. The highest BCUT2D eigenvalue weighted by Crippen LogP contribution is 2.17. The fourth-order valence-electron chi connectivity index (χ4n) is 3.30. The summed E-state index contributed by atoms with van der Waals surface area (Å²) in [6.45, 7) is 3.92. The molecule has 0 radical (unpaired) electrons. The number of rotatable bonds is 19. The Labute approximate surface area is 228 Å². The maximum atomic E-state index is 12.2. The number of pyridine rings is 1. The second-order valence-corrected chi connectivity index (χ2v) is 8.38. The first kappa shape index (κ1) is 29.6. The third-order valence-corrected chi connectivity index (χ3v) is 5.23. The van der Waals surface area contributed by atoms with E-state index >= 15 is 0 Å². The lowest BCUT2D eigenvalue weighted by molar-refractivity contribution is -0.120. The minimum atomic E-state index is -0.0836. The number of nitrogens with two attached hydrogens (primary N) is 1. The standard InChI is InChI=1S/C26H37N9O4/c27-8-14-38-16-17-39-15-12-29-23(37)18-20-2-4-22(5-3-20)32-26-34-24(30-9-1-13-36)33-25(35-26)31-19-21-6-10-28-11-7-21/h2-7,10-11,36H,1,8-9,12-19,27H2,(H,29,37)(H3,30,31,32,33,34,35). The molecule has 2 aromatic heterocycles. The first-order chi connectivity index (χ1) is 19.2. The number of nitrogens with one attached hydrogen (secondary N) is 4. The Bertz CT molecular complexity index is 1100. The lowest BCUT2D eigenvalue weighted by Gasteiger charge is -2.12. The highest BCUT2D eigenvalue weighted by Gasteiger charge is 2.08. The molecule has 0 aliphatic rings. The summed E-state index contributed by atoms with van der Waals surface area (Å²) in [5.74, 6) is 1.06. The van der Waals surface area contributed by atoms with Crippen molar-refractivity contribution >= 4 is 29.4 Å². The Morgan fingerprint density at radius 1 is 0.821 bits per heavy atom. The van der Waals surface area contributed by atoms with E-state index < -0.39 is 0 Å². The molecule has 0 saturated heterocycles. The largest absolute Gasteiger partial charge is 0.396 e. The number of aliphatic hydroxyl groups is 1. The maximum Gasteiger partial charge on any atom is 0.233 e. The van der Waals surface area contributed by atoms with Crippen molar-refractivity contribution in [1.82, 2.24) is 25.3 Å². The number of anilines is 4. The van der Waals surface area contributed by atoms with E-state index in [9.17, 15) is 4.79 Å². The van der Waals surface area contributed by atoms with Crippen LogP contribution in [0, 0.1) is 0 Å².